The standard InChI is InChI=1S/C10H10BrNO4/c11-7-1-3-8(4-2-7)16-6-5-12-9(13)10(14)15/h1-4H,5-6H2,(H,12,13)(H,14,15). The minimum atomic E-state index is -1.50. The number of aliphatic carboxylic acids is 1. The van der Waals surface area contributed by atoms with Crippen LogP contribution in [-0.2, 0) is 9.59 Å². The van der Waals surface area contributed by atoms with Crippen LogP contribution in [-0.4, -0.2) is 30.1 Å². The van der Waals surface area contributed by atoms with Gasteiger partial charge < -0.3 is 15.2 Å². The molecular weight excluding hydrogens is 278 g/mol. The van der Waals surface area contributed by atoms with Crippen LogP contribution in [0, 0.1) is 0 Å². The fraction of sp³-hybridized carbons (Fsp3) is 0.200. The second-order valence-corrected chi connectivity index (χ2v) is 3.78. The molecule has 0 spiro atoms. The monoisotopic (exact) mass is 287 g/mol. The molecule has 0 aliphatic rings. The molecule has 0 saturated heterocycles. The molecule has 1 aromatic rings. The van der Waals surface area contributed by atoms with Gasteiger partial charge in [-0.2, -0.15) is 0 Å². The summed E-state index contributed by atoms with van der Waals surface area (Å²) in [6, 6.07) is 7.18. The summed E-state index contributed by atoms with van der Waals surface area (Å²) in [4.78, 5) is 20.8. The van der Waals surface area contributed by atoms with E-state index in [0.29, 0.717) is 5.75 Å². The lowest BCUT2D eigenvalue weighted by Crippen LogP contribution is -2.33. The van der Waals surface area contributed by atoms with Crippen LogP contribution in [0.25, 0.3) is 0 Å². The number of nitrogens with one attached hydrogen (secondary N) is 1. The van der Waals surface area contributed by atoms with Gasteiger partial charge in [0.2, 0.25) is 0 Å². The highest BCUT2D eigenvalue weighted by atomic mass is 79.9. The molecule has 0 fully saturated rings. The number of hydrogen-bond donors (Lipinski definition) is 2. The smallest absolute Gasteiger partial charge is 0.394 e. The van der Waals surface area contributed by atoms with E-state index in [0.717, 1.165) is 4.47 Å². The zero-order valence-electron chi connectivity index (χ0n) is 8.27. The summed E-state index contributed by atoms with van der Waals surface area (Å²) in [6.07, 6.45) is 0. The fourth-order valence-electron chi connectivity index (χ4n) is 0.940. The molecule has 0 saturated carbocycles. The summed E-state index contributed by atoms with van der Waals surface area (Å²) in [6.45, 7) is 0.377. The Kier molecular flexibility index (Phi) is 4.78. The van der Waals surface area contributed by atoms with Crippen molar-refractivity contribution in [1.29, 1.82) is 0 Å². The molecule has 0 aromatic heterocycles. The zero-order valence-corrected chi connectivity index (χ0v) is 9.86. The number of benzene rings is 1. The average Bonchev–Trinajstić information content (AvgIpc) is 2.26. The molecule has 0 heterocycles. The Hall–Kier alpha value is -1.56. The topological polar surface area (TPSA) is 75.6 Å². The van der Waals surface area contributed by atoms with Gasteiger partial charge in [0.05, 0.1) is 6.54 Å². The first-order chi connectivity index (χ1) is 7.59. The van der Waals surface area contributed by atoms with Gasteiger partial charge in [-0.3, -0.25) is 4.79 Å². The van der Waals surface area contributed by atoms with Crippen molar-refractivity contribution in [2.45, 2.75) is 0 Å². The number of hydrogen-bond acceptors (Lipinski definition) is 3. The van der Waals surface area contributed by atoms with E-state index in [4.69, 9.17) is 9.84 Å². The van der Waals surface area contributed by atoms with E-state index in [2.05, 4.69) is 21.2 Å². The highest BCUT2D eigenvalue weighted by Crippen LogP contribution is 2.15. The molecule has 0 aliphatic carbocycles. The molecule has 0 radical (unpaired) electrons. The maximum Gasteiger partial charge on any atom is 0.394 e. The Labute approximate surface area is 101 Å². The quantitative estimate of drug-likeness (QED) is 0.641. The number of carboxylic acids is 1. The maximum absolute atomic E-state index is 10.6. The molecule has 86 valence electrons. The van der Waals surface area contributed by atoms with Crippen molar-refractivity contribution < 1.29 is 19.4 Å². The Morgan fingerprint density at radius 2 is 1.94 bits per heavy atom. The normalized spacial score (nSPS) is 9.56. The van der Waals surface area contributed by atoms with Gasteiger partial charge in [-0.05, 0) is 24.3 Å². The second kappa shape index (κ2) is 6.12. The number of carbonyl (C=O) groups excluding carboxylic acids is 1. The van der Waals surface area contributed by atoms with Crippen LogP contribution in [0.2, 0.25) is 0 Å². The molecule has 16 heavy (non-hydrogen) atoms. The SMILES string of the molecule is O=C(O)C(=O)NCCOc1ccc(Br)cc1. The van der Waals surface area contributed by atoms with E-state index in [-0.39, 0.29) is 13.2 Å². The van der Waals surface area contributed by atoms with Crippen molar-refractivity contribution in [2.75, 3.05) is 13.2 Å². The van der Waals surface area contributed by atoms with Crippen molar-refractivity contribution in [2.24, 2.45) is 0 Å². The third kappa shape index (κ3) is 4.31. The van der Waals surface area contributed by atoms with Gasteiger partial charge in [-0.1, -0.05) is 15.9 Å². The van der Waals surface area contributed by atoms with E-state index in [1.54, 1.807) is 12.1 Å². The molecule has 1 amide bonds. The minimum Gasteiger partial charge on any atom is -0.492 e. The summed E-state index contributed by atoms with van der Waals surface area (Å²) in [5, 5.41) is 10.5. The van der Waals surface area contributed by atoms with Gasteiger partial charge in [0.25, 0.3) is 0 Å². The molecule has 6 heteroatoms. The number of rotatable bonds is 4. The lowest BCUT2D eigenvalue weighted by atomic mass is 10.3. The Balaban J connectivity index is 2.23. The lowest BCUT2D eigenvalue weighted by Gasteiger charge is -2.06. The van der Waals surface area contributed by atoms with Gasteiger partial charge in [-0.25, -0.2) is 4.79 Å². The number of carboxylic acid groups (broad SMARTS) is 1. The van der Waals surface area contributed by atoms with Crippen LogP contribution in [0.3, 0.4) is 0 Å². The first kappa shape index (κ1) is 12.5. The average molecular weight is 288 g/mol. The Morgan fingerprint density at radius 1 is 1.31 bits per heavy atom. The molecule has 1 aromatic carbocycles. The van der Waals surface area contributed by atoms with Crippen molar-refractivity contribution in [3.05, 3.63) is 28.7 Å². The predicted octanol–water partition coefficient (Wildman–Crippen LogP) is 1.03. The molecule has 2 N–H and O–H groups in total. The van der Waals surface area contributed by atoms with E-state index < -0.39 is 11.9 Å². The van der Waals surface area contributed by atoms with Crippen molar-refractivity contribution in [3.63, 3.8) is 0 Å². The maximum atomic E-state index is 10.6. The van der Waals surface area contributed by atoms with E-state index in [1.807, 2.05) is 12.1 Å². The summed E-state index contributed by atoms with van der Waals surface area (Å²) >= 11 is 3.28. The summed E-state index contributed by atoms with van der Waals surface area (Å²) in [5.74, 6) is -1.86. The summed E-state index contributed by atoms with van der Waals surface area (Å²) in [7, 11) is 0. The largest absolute Gasteiger partial charge is 0.492 e. The highest BCUT2D eigenvalue weighted by Gasteiger charge is 2.08. The first-order valence-electron chi connectivity index (χ1n) is 4.49. The predicted molar refractivity (Wildman–Crippen MR) is 60.3 cm³/mol. The van der Waals surface area contributed by atoms with Gasteiger partial charge in [-0.15, -0.1) is 0 Å². The van der Waals surface area contributed by atoms with E-state index in [9.17, 15) is 9.59 Å². The molecule has 0 unspecified atom stereocenters. The third-order valence-corrected chi connectivity index (χ3v) is 2.19. The molecular formula is C10H10BrNO4. The summed E-state index contributed by atoms with van der Waals surface area (Å²) < 4.78 is 6.21. The fourth-order valence-corrected chi connectivity index (χ4v) is 1.20. The summed E-state index contributed by atoms with van der Waals surface area (Å²) in [5.41, 5.74) is 0. The van der Waals surface area contributed by atoms with Gasteiger partial charge in [0.1, 0.15) is 12.4 Å². The van der Waals surface area contributed by atoms with Gasteiger partial charge >= 0.3 is 11.9 Å². The van der Waals surface area contributed by atoms with Crippen LogP contribution in [0.15, 0.2) is 28.7 Å². The number of ether oxygens (including phenoxy) is 1. The molecule has 0 aliphatic heterocycles. The molecule has 1 rings (SSSR count). The van der Waals surface area contributed by atoms with Crippen molar-refractivity contribution >= 4 is 27.8 Å². The van der Waals surface area contributed by atoms with Crippen LogP contribution >= 0.6 is 15.9 Å². The van der Waals surface area contributed by atoms with Crippen LogP contribution in [0.4, 0.5) is 0 Å². The molecule has 0 atom stereocenters. The van der Waals surface area contributed by atoms with E-state index >= 15 is 0 Å². The Bertz CT molecular complexity index is 377. The van der Waals surface area contributed by atoms with Crippen molar-refractivity contribution in [3.8, 4) is 5.75 Å². The zero-order chi connectivity index (χ0) is 12.0. The molecule has 0 bridgehead atoms. The van der Waals surface area contributed by atoms with E-state index in [1.165, 1.54) is 0 Å². The number of amides is 1. The lowest BCUT2D eigenvalue weighted by molar-refractivity contribution is -0.150. The Morgan fingerprint density at radius 3 is 2.50 bits per heavy atom. The van der Waals surface area contributed by atoms with Gasteiger partial charge in [0.15, 0.2) is 0 Å². The second-order valence-electron chi connectivity index (χ2n) is 2.86. The van der Waals surface area contributed by atoms with Crippen LogP contribution in [0.5, 0.6) is 5.75 Å². The van der Waals surface area contributed by atoms with Crippen LogP contribution < -0.4 is 10.1 Å². The van der Waals surface area contributed by atoms with Crippen molar-refractivity contribution in [1.82, 2.24) is 5.32 Å². The first-order valence-corrected chi connectivity index (χ1v) is 5.28. The minimum absolute atomic E-state index is 0.154. The number of halogens is 1. The number of carbonyl (C=O) groups is 2. The van der Waals surface area contributed by atoms with Gasteiger partial charge in [0, 0.05) is 4.47 Å². The highest BCUT2D eigenvalue weighted by molar-refractivity contribution is 9.10. The molecule has 5 nitrogen and oxygen atoms in total. The third-order valence-electron chi connectivity index (χ3n) is 1.66. The van der Waals surface area contributed by atoms with Crippen LogP contribution in [0.1, 0.15) is 0 Å².